The highest BCUT2D eigenvalue weighted by molar-refractivity contribution is 6.09. The predicted octanol–water partition coefficient (Wildman–Crippen LogP) is 0.0602. The van der Waals surface area contributed by atoms with E-state index in [4.69, 9.17) is 10.00 Å². The molecule has 0 radical (unpaired) electrons. The maximum atomic E-state index is 12.7. The highest BCUT2D eigenvalue weighted by Crippen LogP contribution is 2.38. The van der Waals surface area contributed by atoms with Gasteiger partial charge in [-0.3, -0.25) is 19.3 Å². The highest BCUT2D eigenvalue weighted by atomic mass is 16.5. The van der Waals surface area contributed by atoms with Gasteiger partial charge in [0, 0.05) is 6.54 Å². The largest absolute Gasteiger partial charge is 0.454 e. The van der Waals surface area contributed by atoms with Crippen LogP contribution >= 0.6 is 0 Å². The van der Waals surface area contributed by atoms with Crippen LogP contribution in [0, 0.1) is 17.2 Å². The quantitative estimate of drug-likeness (QED) is 0.396. The SMILES string of the molecule is C[C@@H]1CCCC[C@@]12NC(=O)N(CC(=O)OCC(=O)NCCC#N)C2=O. The number of hydrogen-bond donors (Lipinski definition) is 2. The van der Waals surface area contributed by atoms with Crippen LogP contribution in [0.15, 0.2) is 0 Å². The molecule has 0 aromatic carbocycles. The van der Waals surface area contributed by atoms with E-state index in [1.54, 1.807) is 0 Å². The van der Waals surface area contributed by atoms with E-state index in [1.807, 2.05) is 13.0 Å². The molecular formula is C16H22N4O5. The number of nitrogens with one attached hydrogen (secondary N) is 2. The first-order chi connectivity index (χ1) is 11.9. The number of rotatable bonds is 6. The van der Waals surface area contributed by atoms with E-state index in [0.717, 1.165) is 24.2 Å². The van der Waals surface area contributed by atoms with Gasteiger partial charge in [0.05, 0.1) is 12.5 Å². The first-order valence-corrected chi connectivity index (χ1v) is 8.34. The van der Waals surface area contributed by atoms with Crippen LogP contribution in [0.4, 0.5) is 4.79 Å². The van der Waals surface area contributed by atoms with E-state index in [-0.39, 0.29) is 18.9 Å². The van der Waals surface area contributed by atoms with E-state index in [9.17, 15) is 19.2 Å². The van der Waals surface area contributed by atoms with Gasteiger partial charge in [-0.2, -0.15) is 5.26 Å². The van der Waals surface area contributed by atoms with Gasteiger partial charge in [-0.05, 0) is 18.8 Å². The summed E-state index contributed by atoms with van der Waals surface area (Å²) in [7, 11) is 0. The van der Waals surface area contributed by atoms with Gasteiger partial charge in [0.1, 0.15) is 12.1 Å². The molecule has 136 valence electrons. The maximum absolute atomic E-state index is 12.7. The molecule has 0 unspecified atom stereocenters. The summed E-state index contributed by atoms with van der Waals surface area (Å²) in [5, 5.41) is 13.5. The van der Waals surface area contributed by atoms with Crippen LogP contribution < -0.4 is 10.6 Å². The van der Waals surface area contributed by atoms with E-state index in [0.29, 0.717) is 6.42 Å². The summed E-state index contributed by atoms with van der Waals surface area (Å²) in [6.45, 7) is 1.05. The average Bonchev–Trinajstić information content (AvgIpc) is 2.81. The molecule has 2 atom stereocenters. The van der Waals surface area contributed by atoms with Gasteiger partial charge in [-0.1, -0.05) is 19.8 Å². The van der Waals surface area contributed by atoms with Gasteiger partial charge < -0.3 is 15.4 Å². The summed E-state index contributed by atoms with van der Waals surface area (Å²) in [4.78, 5) is 48.9. The number of esters is 1. The molecule has 1 spiro atoms. The molecule has 1 heterocycles. The van der Waals surface area contributed by atoms with Crippen molar-refractivity contribution in [3.63, 3.8) is 0 Å². The number of imide groups is 1. The number of hydrogen-bond acceptors (Lipinski definition) is 6. The second-order valence-electron chi connectivity index (χ2n) is 6.36. The van der Waals surface area contributed by atoms with E-state index in [2.05, 4.69) is 10.6 Å². The Kier molecular flexibility index (Phi) is 5.96. The van der Waals surface area contributed by atoms with Crippen molar-refractivity contribution in [3.05, 3.63) is 0 Å². The molecule has 1 saturated heterocycles. The van der Waals surface area contributed by atoms with Crippen LogP contribution in [0.1, 0.15) is 39.0 Å². The lowest BCUT2D eigenvalue weighted by molar-refractivity contribution is -0.151. The van der Waals surface area contributed by atoms with Crippen LogP contribution in [-0.4, -0.2) is 54.0 Å². The number of carbonyl (C=O) groups excluding carboxylic acids is 4. The lowest BCUT2D eigenvalue weighted by Gasteiger charge is -2.36. The zero-order valence-electron chi connectivity index (χ0n) is 14.2. The number of carbonyl (C=O) groups is 4. The van der Waals surface area contributed by atoms with Crippen LogP contribution in [-0.2, 0) is 19.1 Å². The smallest absolute Gasteiger partial charge is 0.326 e. The Morgan fingerprint density at radius 1 is 1.44 bits per heavy atom. The second kappa shape index (κ2) is 7.96. The first kappa shape index (κ1) is 18.7. The third-order valence-corrected chi connectivity index (χ3v) is 4.71. The van der Waals surface area contributed by atoms with Gasteiger partial charge >= 0.3 is 12.0 Å². The molecule has 9 nitrogen and oxygen atoms in total. The van der Waals surface area contributed by atoms with Gasteiger partial charge in [0.15, 0.2) is 6.61 Å². The number of amides is 4. The number of urea groups is 1. The molecule has 4 amide bonds. The van der Waals surface area contributed by atoms with Gasteiger partial charge in [-0.25, -0.2) is 4.79 Å². The minimum absolute atomic E-state index is 0.00429. The Morgan fingerprint density at radius 3 is 2.88 bits per heavy atom. The summed E-state index contributed by atoms with van der Waals surface area (Å²) in [5.41, 5.74) is -0.926. The molecule has 2 rings (SSSR count). The van der Waals surface area contributed by atoms with Crippen molar-refractivity contribution in [3.8, 4) is 6.07 Å². The molecule has 1 aliphatic carbocycles. The molecule has 0 aromatic heterocycles. The Bertz CT molecular complexity index is 614. The van der Waals surface area contributed by atoms with Crippen molar-refractivity contribution in [1.82, 2.24) is 15.5 Å². The summed E-state index contributed by atoms with van der Waals surface area (Å²) in [6.07, 6.45) is 3.41. The standard InChI is InChI=1S/C16H22N4O5/c1-11-5-2-3-6-16(11)14(23)20(15(24)19-16)9-13(22)25-10-12(21)18-8-4-7-17/h11H,2-6,8-10H2,1H3,(H,18,21)(H,19,24)/t11-,16-/m1/s1. The van der Waals surface area contributed by atoms with Crippen molar-refractivity contribution in [2.75, 3.05) is 19.7 Å². The zero-order chi connectivity index (χ0) is 18.4. The summed E-state index contributed by atoms with van der Waals surface area (Å²) in [5.74, 6) is -1.78. The molecule has 2 fully saturated rings. The van der Waals surface area contributed by atoms with E-state index >= 15 is 0 Å². The molecule has 9 heteroatoms. The minimum Gasteiger partial charge on any atom is -0.454 e. The molecule has 0 bridgehead atoms. The van der Waals surface area contributed by atoms with Crippen molar-refractivity contribution in [2.24, 2.45) is 5.92 Å². The lowest BCUT2D eigenvalue weighted by atomic mass is 9.73. The van der Waals surface area contributed by atoms with Crippen LogP contribution in [0.25, 0.3) is 0 Å². The summed E-state index contributed by atoms with van der Waals surface area (Å²) < 4.78 is 4.79. The number of ether oxygens (including phenoxy) is 1. The van der Waals surface area contributed by atoms with Crippen molar-refractivity contribution in [1.29, 1.82) is 5.26 Å². The maximum Gasteiger partial charge on any atom is 0.326 e. The van der Waals surface area contributed by atoms with Crippen molar-refractivity contribution in [2.45, 2.75) is 44.6 Å². The molecular weight excluding hydrogens is 328 g/mol. The van der Waals surface area contributed by atoms with Crippen LogP contribution in [0.2, 0.25) is 0 Å². The van der Waals surface area contributed by atoms with Gasteiger partial charge in [0.25, 0.3) is 11.8 Å². The first-order valence-electron chi connectivity index (χ1n) is 8.34. The van der Waals surface area contributed by atoms with Crippen molar-refractivity contribution < 1.29 is 23.9 Å². The minimum atomic E-state index is -0.926. The van der Waals surface area contributed by atoms with E-state index < -0.39 is 42.5 Å². The van der Waals surface area contributed by atoms with Gasteiger partial charge in [0.2, 0.25) is 0 Å². The van der Waals surface area contributed by atoms with Crippen LogP contribution in [0.3, 0.4) is 0 Å². The molecule has 2 N–H and O–H groups in total. The van der Waals surface area contributed by atoms with E-state index in [1.165, 1.54) is 0 Å². The lowest BCUT2D eigenvalue weighted by Crippen LogP contribution is -2.54. The Hall–Kier alpha value is -2.63. The molecule has 2 aliphatic rings. The molecule has 25 heavy (non-hydrogen) atoms. The number of nitrogens with zero attached hydrogens (tertiary/aromatic N) is 2. The Morgan fingerprint density at radius 2 is 2.20 bits per heavy atom. The Labute approximate surface area is 145 Å². The summed E-state index contributed by atoms with van der Waals surface area (Å²) >= 11 is 0. The Balaban J connectivity index is 1.86. The highest BCUT2D eigenvalue weighted by Gasteiger charge is 2.55. The molecule has 1 aliphatic heterocycles. The van der Waals surface area contributed by atoms with Crippen LogP contribution in [0.5, 0.6) is 0 Å². The second-order valence-corrected chi connectivity index (χ2v) is 6.36. The fraction of sp³-hybridized carbons (Fsp3) is 0.688. The van der Waals surface area contributed by atoms with Crippen molar-refractivity contribution >= 4 is 23.8 Å². The summed E-state index contributed by atoms with van der Waals surface area (Å²) in [6, 6.07) is 1.26. The third kappa shape index (κ3) is 4.07. The fourth-order valence-corrected chi connectivity index (χ4v) is 3.27. The topological polar surface area (TPSA) is 129 Å². The average molecular weight is 350 g/mol. The fourth-order valence-electron chi connectivity index (χ4n) is 3.27. The molecule has 0 aromatic rings. The molecule has 1 saturated carbocycles. The van der Waals surface area contributed by atoms with Gasteiger partial charge in [-0.15, -0.1) is 0 Å². The number of nitriles is 1. The zero-order valence-corrected chi connectivity index (χ0v) is 14.2. The monoisotopic (exact) mass is 350 g/mol. The third-order valence-electron chi connectivity index (χ3n) is 4.71. The predicted molar refractivity (Wildman–Crippen MR) is 84.8 cm³/mol. The normalized spacial score (nSPS) is 25.4.